The molecular weight excluding hydrogens is 148 g/mol. The Balaban J connectivity index is 3.07. The van der Waals surface area contributed by atoms with Crippen molar-refractivity contribution in [2.75, 3.05) is 19.6 Å². The van der Waals surface area contributed by atoms with Crippen LogP contribution in [-0.2, 0) is 0 Å². The van der Waals surface area contributed by atoms with E-state index in [0.29, 0.717) is 0 Å². The summed E-state index contributed by atoms with van der Waals surface area (Å²) < 4.78 is 0. The highest BCUT2D eigenvalue weighted by Crippen LogP contribution is 1.96. The number of rotatable bonds is 5. The van der Waals surface area contributed by atoms with Crippen LogP contribution in [0.1, 0.15) is 27.2 Å². The standard InChI is InChI=1S/C10H20N2/c1-5-6-7-11-8-9-12-10(2,3)4/h1,11-12H,6-9H2,2-4H3. The van der Waals surface area contributed by atoms with E-state index in [1.807, 2.05) is 0 Å². The second kappa shape index (κ2) is 6.05. The Morgan fingerprint density at radius 3 is 2.33 bits per heavy atom. The molecule has 0 radical (unpaired) electrons. The molecule has 0 atom stereocenters. The van der Waals surface area contributed by atoms with E-state index in [0.717, 1.165) is 26.1 Å². The molecule has 70 valence electrons. The Kier molecular flexibility index (Phi) is 5.79. The van der Waals surface area contributed by atoms with E-state index in [4.69, 9.17) is 6.42 Å². The maximum absolute atomic E-state index is 5.11. The molecule has 0 fully saturated rings. The van der Waals surface area contributed by atoms with Crippen LogP contribution in [0.4, 0.5) is 0 Å². The molecule has 0 unspecified atom stereocenters. The summed E-state index contributed by atoms with van der Waals surface area (Å²) in [5.74, 6) is 2.59. The van der Waals surface area contributed by atoms with Gasteiger partial charge in [-0.15, -0.1) is 12.3 Å². The highest BCUT2D eigenvalue weighted by atomic mass is 15.0. The summed E-state index contributed by atoms with van der Waals surface area (Å²) in [6, 6.07) is 0. The van der Waals surface area contributed by atoms with Crippen molar-refractivity contribution >= 4 is 0 Å². The molecule has 2 N–H and O–H groups in total. The zero-order valence-electron chi connectivity index (χ0n) is 8.41. The van der Waals surface area contributed by atoms with Gasteiger partial charge in [0, 0.05) is 31.6 Å². The summed E-state index contributed by atoms with van der Waals surface area (Å²) in [6.45, 7) is 9.38. The predicted octanol–water partition coefficient (Wildman–Crippen LogP) is 0.987. The average Bonchev–Trinajstić information content (AvgIpc) is 1.94. The van der Waals surface area contributed by atoms with Crippen molar-refractivity contribution in [2.45, 2.75) is 32.7 Å². The first-order valence-corrected chi connectivity index (χ1v) is 4.45. The van der Waals surface area contributed by atoms with E-state index >= 15 is 0 Å². The molecule has 0 heterocycles. The van der Waals surface area contributed by atoms with Gasteiger partial charge in [-0.3, -0.25) is 0 Å². The van der Waals surface area contributed by atoms with Crippen LogP contribution in [0.15, 0.2) is 0 Å². The third-order valence-electron chi connectivity index (χ3n) is 1.40. The smallest absolute Gasteiger partial charge is 0.0211 e. The highest BCUT2D eigenvalue weighted by molar-refractivity contribution is 4.84. The quantitative estimate of drug-likeness (QED) is 0.472. The third kappa shape index (κ3) is 9.48. The van der Waals surface area contributed by atoms with Gasteiger partial charge < -0.3 is 10.6 Å². The van der Waals surface area contributed by atoms with E-state index < -0.39 is 0 Å². The first-order valence-electron chi connectivity index (χ1n) is 4.45. The first kappa shape index (κ1) is 11.5. The normalized spacial score (nSPS) is 11.2. The summed E-state index contributed by atoms with van der Waals surface area (Å²) in [5.41, 5.74) is 0.216. The van der Waals surface area contributed by atoms with Crippen LogP contribution < -0.4 is 10.6 Å². The number of nitrogens with one attached hydrogen (secondary N) is 2. The second-order valence-electron chi connectivity index (χ2n) is 3.88. The molecule has 0 aromatic heterocycles. The molecule has 0 saturated carbocycles. The second-order valence-corrected chi connectivity index (χ2v) is 3.88. The van der Waals surface area contributed by atoms with Gasteiger partial charge in [0.25, 0.3) is 0 Å². The van der Waals surface area contributed by atoms with Crippen LogP contribution in [0, 0.1) is 12.3 Å². The molecule has 0 aliphatic rings. The Morgan fingerprint density at radius 2 is 1.83 bits per heavy atom. The first-order chi connectivity index (χ1) is 5.56. The van der Waals surface area contributed by atoms with E-state index in [9.17, 15) is 0 Å². The van der Waals surface area contributed by atoms with Crippen molar-refractivity contribution in [3.8, 4) is 12.3 Å². The Bertz CT molecular complexity index is 139. The fourth-order valence-electron chi connectivity index (χ4n) is 0.811. The fourth-order valence-corrected chi connectivity index (χ4v) is 0.811. The third-order valence-corrected chi connectivity index (χ3v) is 1.40. The number of terminal acetylenes is 1. The largest absolute Gasteiger partial charge is 0.315 e. The molecule has 0 aliphatic carbocycles. The van der Waals surface area contributed by atoms with Crippen LogP contribution in [-0.4, -0.2) is 25.2 Å². The van der Waals surface area contributed by atoms with Gasteiger partial charge >= 0.3 is 0 Å². The lowest BCUT2D eigenvalue weighted by atomic mass is 10.1. The van der Waals surface area contributed by atoms with Crippen LogP contribution >= 0.6 is 0 Å². The lowest BCUT2D eigenvalue weighted by Crippen LogP contribution is -2.40. The van der Waals surface area contributed by atoms with E-state index in [1.165, 1.54) is 0 Å². The van der Waals surface area contributed by atoms with Gasteiger partial charge in [0.1, 0.15) is 0 Å². The summed E-state index contributed by atoms with van der Waals surface area (Å²) in [6.07, 6.45) is 5.92. The molecule has 0 aliphatic heterocycles. The number of hydrogen-bond acceptors (Lipinski definition) is 2. The molecule has 0 saturated heterocycles. The van der Waals surface area contributed by atoms with Crippen LogP contribution in [0.3, 0.4) is 0 Å². The fraction of sp³-hybridized carbons (Fsp3) is 0.800. The van der Waals surface area contributed by atoms with Gasteiger partial charge in [-0.25, -0.2) is 0 Å². The maximum atomic E-state index is 5.11. The molecule has 0 amide bonds. The molecule has 0 spiro atoms. The van der Waals surface area contributed by atoms with Crippen LogP contribution in [0.2, 0.25) is 0 Å². The SMILES string of the molecule is C#CCCNCCNC(C)(C)C. The molecule has 2 heteroatoms. The van der Waals surface area contributed by atoms with Crippen molar-refractivity contribution in [1.29, 1.82) is 0 Å². The molecule has 0 aromatic carbocycles. The van der Waals surface area contributed by atoms with Gasteiger partial charge in [-0.2, -0.15) is 0 Å². The minimum atomic E-state index is 0.216. The maximum Gasteiger partial charge on any atom is 0.0211 e. The zero-order chi connectivity index (χ0) is 9.45. The summed E-state index contributed by atoms with van der Waals surface area (Å²) in [4.78, 5) is 0. The average molecular weight is 168 g/mol. The lowest BCUT2D eigenvalue weighted by Gasteiger charge is -2.20. The van der Waals surface area contributed by atoms with Gasteiger partial charge in [0.2, 0.25) is 0 Å². The lowest BCUT2D eigenvalue weighted by molar-refractivity contribution is 0.422. The van der Waals surface area contributed by atoms with Crippen LogP contribution in [0.25, 0.3) is 0 Å². The van der Waals surface area contributed by atoms with Crippen molar-refractivity contribution in [1.82, 2.24) is 10.6 Å². The molecule has 0 bridgehead atoms. The highest BCUT2D eigenvalue weighted by Gasteiger charge is 2.06. The van der Waals surface area contributed by atoms with Gasteiger partial charge in [0.05, 0.1) is 0 Å². The Hall–Kier alpha value is -0.520. The summed E-state index contributed by atoms with van der Waals surface area (Å²) in [7, 11) is 0. The van der Waals surface area contributed by atoms with Crippen LogP contribution in [0.5, 0.6) is 0 Å². The minimum Gasteiger partial charge on any atom is -0.315 e. The Morgan fingerprint density at radius 1 is 1.17 bits per heavy atom. The van der Waals surface area contributed by atoms with E-state index in [2.05, 4.69) is 37.3 Å². The predicted molar refractivity (Wildman–Crippen MR) is 54.1 cm³/mol. The van der Waals surface area contributed by atoms with Gasteiger partial charge in [0.15, 0.2) is 0 Å². The van der Waals surface area contributed by atoms with Gasteiger partial charge in [-0.1, -0.05) is 0 Å². The van der Waals surface area contributed by atoms with Crippen molar-refractivity contribution < 1.29 is 0 Å². The summed E-state index contributed by atoms with van der Waals surface area (Å²) >= 11 is 0. The zero-order valence-corrected chi connectivity index (χ0v) is 8.41. The van der Waals surface area contributed by atoms with E-state index in [1.54, 1.807) is 0 Å². The van der Waals surface area contributed by atoms with Crippen molar-refractivity contribution in [3.05, 3.63) is 0 Å². The molecule has 0 aromatic rings. The van der Waals surface area contributed by atoms with E-state index in [-0.39, 0.29) is 5.54 Å². The minimum absolute atomic E-state index is 0.216. The number of hydrogen-bond donors (Lipinski definition) is 2. The topological polar surface area (TPSA) is 24.1 Å². The Labute approximate surface area is 76.1 Å². The molecular formula is C10H20N2. The van der Waals surface area contributed by atoms with Crippen molar-refractivity contribution in [3.63, 3.8) is 0 Å². The van der Waals surface area contributed by atoms with Crippen molar-refractivity contribution in [2.24, 2.45) is 0 Å². The van der Waals surface area contributed by atoms with Gasteiger partial charge in [-0.05, 0) is 20.8 Å². The molecule has 0 rings (SSSR count). The summed E-state index contributed by atoms with van der Waals surface area (Å²) in [5, 5.41) is 6.64. The molecule has 12 heavy (non-hydrogen) atoms. The molecule has 2 nitrogen and oxygen atoms in total. The monoisotopic (exact) mass is 168 g/mol.